The minimum Gasteiger partial charge on any atom is -0.369 e. The molecule has 0 aliphatic rings. The molecule has 0 bridgehead atoms. The van der Waals surface area contributed by atoms with E-state index in [1.807, 2.05) is 18.2 Å². The molecule has 1 amide bonds. The Balaban J connectivity index is 3.37. The van der Waals surface area contributed by atoms with Crippen molar-refractivity contribution in [3.8, 4) is 0 Å². The topological polar surface area (TPSA) is 43.1 Å². The molecule has 2 N–H and O–H groups in total. The van der Waals surface area contributed by atoms with Gasteiger partial charge >= 0.3 is 0 Å². The normalized spacial score (nSPS) is 11.3. The van der Waals surface area contributed by atoms with Gasteiger partial charge in [-0.15, -0.1) is 0 Å². The van der Waals surface area contributed by atoms with Gasteiger partial charge < -0.3 is 5.73 Å². The molecule has 0 unspecified atom stereocenters. The highest BCUT2D eigenvalue weighted by molar-refractivity contribution is 5.75. The third kappa shape index (κ3) is 6.95. The van der Waals surface area contributed by atoms with Crippen LogP contribution in [-0.2, 0) is 4.79 Å². The second-order valence-electron chi connectivity index (χ2n) is 1.93. The molecule has 2 nitrogen and oxygen atoms in total. The van der Waals surface area contributed by atoms with E-state index in [4.69, 9.17) is 5.73 Å². The maximum atomic E-state index is 10.2. The van der Waals surface area contributed by atoms with Crippen LogP contribution >= 0.6 is 0 Å². The zero-order chi connectivity index (χ0) is 7.82. The number of amides is 1. The third-order valence-electron chi connectivity index (χ3n) is 0.938. The Morgan fingerprint density at radius 1 is 1.40 bits per heavy atom. The average molecular weight is 139 g/mol. The minimum absolute atomic E-state index is 0.291. The number of hydrogen-bond acceptors (Lipinski definition) is 1. The highest BCUT2D eigenvalue weighted by Crippen LogP contribution is 1.84. The predicted molar refractivity (Wildman–Crippen MR) is 42.4 cm³/mol. The molecule has 0 aromatic rings. The highest BCUT2D eigenvalue weighted by Gasteiger charge is 1.83. The molecule has 0 rings (SSSR count). The Kier molecular flexibility index (Phi) is 5.44. The van der Waals surface area contributed by atoms with Gasteiger partial charge in [0.1, 0.15) is 0 Å². The SMILES string of the molecule is CC/C=C\C=C/CC(N)=O. The van der Waals surface area contributed by atoms with Crippen LogP contribution in [0.3, 0.4) is 0 Å². The van der Waals surface area contributed by atoms with Crippen molar-refractivity contribution in [2.24, 2.45) is 5.73 Å². The number of primary amides is 1. The van der Waals surface area contributed by atoms with E-state index < -0.39 is 0 Å². The van der Waals surface area contributed by atoms with E-state index >= 15 is 0 Å². The Hall–Kier alpha value is -1.05. The molecule has 0 fully saturated rings. The van der Waals surface area contributed by atoms with Gasteiger partial charge in [-0.2, -0.15) is 0 Å². The summed E-state index contributed by atoms with van der Waals surface area (Å²) in [6, 6.07) is 0. The summed E-state index contributed by atoms with van der Waals surface area (Å²) in [5.74, 6) is -0.291. The molecule has 0 aliphatic carbocycles. The molecule has 10 heavy (non-hydrogen) atoms. The zero-order valence-electron chi connectivity index (χ0n) is 6.21. The first kappa shape index (κ1) is 8.95. The number of rotatable bonds is 4. The smallest absolute Gasteiger partial charge is 0.221 e. The number of nitrogens with two attached hydrogens (primary N) is 1. The molecule has 0 saturated carbocycles. The van der Waals surface area contributed by atoms with E-state index in [9.17, 15) is 4.79 Å². The first-order valence-electron chi connectivity index (χ1n) is 3.37. The van der Waals surface area contributed by atoms with E-state index in [0.717, 1.165) is 6.42 Å². The lowest BCUT2D eigenvalue weighted by atomic mass is 10.3. The summed E-state index contributed by atoms with van der Waals surface area (Å²) in [4.78, 5) is 10.2. The van der Waals surface area contributed by atoms with Crippen LogP contribution in [0.2, 0.25) is 0 Å². The zero-order valence-corrected chi connectivity index (χ0v) is 6.21. The molecular weight excluding hydrogens is 126 g/mol. The molecule has 0 radical (unpaired) electrons. The summed E-state index contributed by atoms with van der Waals surface area (Å²) in [6.45, 7) is 2.05. The minimum atomic E-state index is -0.291. The lowest BCUT2D eigenvalue weighted by molar-refractivity contribution is -0.117. The fourth-order valence-corrected chi connectivity index (χ4v) is 0.477. The van der Waals surface area contributed by atoms with Gasteiger partial charge in [0.25, 0.3) is 0 Å². The van der Waals surface area contributed by atoms with E-state index in [0.29, 0.717) is 6.42 Å². The number of hydrogen-bond donors (Lipinski definition) is 1. The first-order valence-corrected chi connectivity index (χ1v) is 3.37. The van der Waals surface area contributed by atoms with Gasteiger partial charge in [-0.25, -0.2) is 0 Å². The Morgan fingerprint density at radius 2 is 2.00 bits per heavy atom. The van der Waals surface area contributed by atoms with Crippen LogP contribution in [0.1, 0.15) is 19.8 Å². The molecule has 0 aliphatic heterocycles. The Labute approximate surface area is 61.4 Å². The molecule has 0 aromatic heterocycles. The van der Waals surface area contributed by atoms with Gasteiger partial charge in [0, 0.05) is 6.42 Å². The van der Waals surface area contributed by atoms with Crippen LogP contribution in [-0.4, -0.2) is 5.91 Å². The van der Waals surface area contributed by atoms with Gasteiger partial charge in [0.15, 0.2) is 0 Å². The largest absolute Gasteiger partial charge is 0.369 e. The molecule has 2 heteroatoms. The monoisotopic (exact) mass is 139 g/mol. The third-order valence-corrected chi connectivity index (χ3v) is 0.938. The van der Waals surface area contributed by atoms with Crippen molar-refractivity contribution in [1.29, 1.82) is 0 Å². The predicted octanol–water partition coefficient (Wildman–Crippen LogP) is 1.38. The van der Waals surface area contributed by atoms with E-state index in [-0.39, 0.29) is 5.91 Å². The van der Waals surface area contributed by atoms with Crippen molar-refractivity contribution in [1.82, 2.24) is 0 Å². The van der Waals surface area contributed by atoms with Gasteiger partial charge in [-0.3, -0.25) is 4.79 Å². The molecule has 0 atom stereocenters. The van der Waals surface area contributed by atoms with E-state index in [1.165, 1.54) is 0 Å². The van der Waals surface area contributed by atoms with Crippen molar-refractivity contribution in [3.63, 3.8) is 0 Å². The van der Waals surface area contributed by atoms with Crippen molar-refractivity contribution < 1.29 is 4.79 Å². The van der Waals surface area contributed by atoms with Gasteiger partial charge in [-0.1, -0.05) is 31.2 Å². The fourth-order valence-electron chi connectivity index (χ4n) is 0.477. The Morgan fingerprint density at radius 3 is 2.50 bits per heavy atom. The van der Waals surface area contributed by atoms with Crippen LogP contribution < -0.4 is 5.73 Å². The molecule has 0 saturated heterocycles. The van der Waals surface area contributed by atoms with Crippen LogP contribution in [0.4, 0.5) is 0 Å². The fraction of sp³-hybridized carbons (Fsp3) is 0.375. The van der Waals surface area contributed by atoms with Crippen molar-refractivity contribution in [2.45, 2.75) is 19.8 Å². The molecular formula is C8H13NO. The summed E-state index contributed by atoms with van der Waals surface area (Å²) in [6.07, 6.45) is 8.83. The first-order chi connectivity index (χ1) is 4.77. The quantitative estimate of drug-likeness (QED) is 0.587. The molecule has 0 heterocycles. The molecule has 0 aromatic carbocycles. The van der Waals surface area contributed by atoms with Crippen LogP contribution in [0, 0.1) is 0 Å². The number of carbonyl (C=O) groups excluding carboxylic acids is 1. The number of allylic oxidation sites excluding steroid dienone is 3. The maximum absolute atomic E-state index is 10.2. The summed E-state index contributed by atoms with van der Waals surface area (Å²) >= 11 is 0. The van der Waals surface area contributed by atoms with Crippen molar-refractivity contribution in [3.05, 3.63) is 24.3 Å². The summed E-state index contributed by atoms with van der Waals surface area (Å²) in [7, 11) is 0. The van der Waals surface area contributed by atoms with Gasteiger partial charge in [0.05, 0.1) is 0 Å². The van der Waals surface area contributed by atoms with Crippen molar-refractivity contribution in [2.75, 3.05) is 0 Å². The van der Waals surface area contributed by atoms with Crippen molar-refractivity contribution >= 4 is 5.91 Å². The maximum Gasteiger partial charge on any atom is 0.221 e. The van der Waals surface area contributed by atoms with Gasteiger partial charge in [-0.05, 0) is 6.42 Å². The van der Waals surface area contributed by atoms with Gasteiger partial charge in [0.2, 0.25) is 5.91 Å². The lowest BCUT2D eigenvalue weighted by Gasteiger charge is -1.81. The van der Waals surface area contributed by atoms with E-state index in [1.54, 1.807) is 6.08 Å². The second kappa shape index (κ2) is 6.08. The van der Waals surface area contributed by atoms with Crippen LogP contribution in [0.25, 0.3) is 0 Å². The molecule has 56 valence electrons. The van der Waals surface area contributed by atoms with Crippen LogP contribution in [0.5, 0.6) is 0 Å². The summed E-state index contributed by atoms with van der Waals surface area (Å²) in [5.41, 5.74) is 4.89. The molecule has 0 spiro atoms. The van der Waals surface area contributed by atoms with Crippen LogP contribution in [0.15, 0.2) is 24.3 Å². The lowest BCUT2D eigenvalue weighted by Crippen LogP contribution is -2.07. The van der Waals surface area contributed by atoms with E-state index in [2.05, 4.69) is 6.92 Å². The standard InChI is InChI=1S/C8H13NO/c1-2-3-4-5-6-7-8(9)10/h3-6H,2,7H2,1H3,(H2,9,10)/b4-3-,6-5-. The Bertz CT molecular complexity index is 147. The highest BCUT2D eigenvalue weighted by atomic mass is 16.1. The number of carbonyl (C=O) groups is 1. The second-order valence-corrected chi connectivity index (χ2v) is 1.93. The summed E-state index contributed by atoms with van der Waals surface area (Å²) < 4.78 is 0. The average Bonchev–Trinajstić information content (AvgIpc) is 1.87. The summed E-state index contributed by atoms with van der Waals surface area (Å²) in [5, 5.41) is 0.